The second kappa shape index (κ2) is 12.9. The van der Waals surface area contributed by atoms with E-state index in [2.05, 4.69) is 40.0 Å². The molecule has 1 aromatic carbocycles. The maximum atomic E-state index is 14.1. The fraction of sp³-hybridized carbons (Fsp3) is 0.400. The Morgan fingerprint density at radius 1 is 1.32 bits per heavy atom. The average molecular weight is 611 g/mol. The van der Waals surface area contributed by atoms with Crippen molar-refractivity contribution in [3.05, 3.63) is 47.2 Å². The fourth-order valence-electron chi connectivity index (χ4n) is 5.15. The second-order valence-corrected chi connectivity index (χ2v) is 9.76. The monoisotopic (exact) mass is 610 g/mol. The van der Waals surface area contributed by atoms with E-state index in [1.807, 2.05) is 4.90 Å². The molecule has 1 aromatic heterocycles. The van der Waals surface area contributed by atoms with Crippen LogP contribution in [-0.4, -0.2) is 65.1 Å². The number of ether oxygens (including phenoxy) is 1. The van der Waals surface area contributed by atoms with E-state index in [0.717, 1.165) is 18.3 Å². The van der Waals surface area contributed by atoms with Gasteiger partial charge >= 0.3 is 12.2 Å². The van der Waals surface area contributed by atoms with Gasteiger partial charge in [0.25, 0.3) is 0 Å². The van der Waals surface area contributed by atoms with Crippen LogP contribution in [0.4, 0.5) is 34.2 Å². The lowest BCUT2D eigenvalue weighted by molar-refractivity contribution is -0.137. The van der Waals surface area contributed by atoms with Crippen molar-refractivity contribution in [3.63, 3.8) is 0 Å². The van der Waals surface area contributed by atoms with E-state index in [-0.39, 0.29) is 73.1 Å². The molecule has 1 atom stereocenters. The number of nitrogens with zero attached hydrogens (tertiary/aromatic N) is 6. The van der Waals surface area contributed by atoms with Crippen LogP contribution >= 0.6 is 25.0 Å². The first kappa shape index (κ1) is 30.3. The maximum Gasteiger partial charge on any atom is 0.418 e. The lowest BCUT2D eigenvalue weighted by Crippen LogP contribution is -2.55. The van der Waals surface area contributed by atoms with Crippen molar-refractivity contribution in [3.8, 4) is 12.1 Å². The summed E-state index contributed by atoms with van der Waals surface area (Å²) in [5.74, 6) is 0.174. The zero-order valence-electron chi connectivity index (χ0n) is 21.6. The Morgan fingerprint density at radius 3 is 2.73 bits per heavy atom. The quantitative estimate of drug-likeness (QED) is 0.0949. The van der Waals surface area contributed by atoms with E-state index < -0.39 is 17.8 Å². The molecule has 1 amide bonds. The van der Waals surface area contributed by atoms with Gasteiger partial charge in [-0.05, 0) is 24.6 Å². The van der Waals surface area contributed by atoms with Crippen LogP contribution in [0.2, 0.25) is 0 Å². The van der Waals surface area contributed by atoms with Crippen LogP contribution in [-0.2, 0) is 23.9 Å². The van der Waals surface area contributed by atoms with Crippen molar-refractivity contribution in [2.75, 3.05) is 46.6 Å². The Balaban J connectivity index is 1.76. The van der Waals surface area contributed by atoms with Gasteiger partial charge in [0.05, 0.1) is 47.7 Å². The molecule has 41 heavy (non-hydrogen) atoms. The number of hydrogen-bond acceptors (Lipinski definition) is 11. The zero-order valence-corrected chi connectivity index (χ0v) is 23.3. The third-order valence-corrected chi connectivity index (χ3v) is 7.34. The third kappa shape index (κ3) is 6.30. The van der Waals surface area contributed by atoms with Crippen LogP contribution in [0, 0.1) is 16.7 Å². The minimum atomic E-state index is -4.73. The molecule has 10 nitrogen and oxygen atoms in total. The van der Waals surface area contributed by atoms with Crippen LogP contribution < -0.4 is 19.3 Å². The van der Waals surface area contributed by atoms with Crippen LogP contribution in [0.1, 0.15) is 28.8 Å². The molecular weight excluding hydrogens is 584 g/mol. The molecule has 2 aliphatic rings. The highest BCUT2D eigenvalue weighted by molar-refractivity contribution is 7.95. The molecule has 1 unspecified atom stereocenters. The SMILES string of the molecule is C=CC(=O)N1CCN(c2nc(OCS)nc3c2CCN(c2c(C(F)(F)F)ccc(NSF)c2C=N)C3)CC1CC#N. The number of anilines is 3. The van der Waals surface area contributed by atoms with Gasteiger partial charge in [0.2, 0.25) is 5.91 Å². The summed E-state index contributed by atoms with van der Waals surface area (Å²) < 4.78 is 63.1. The predicted octanol–water partition coefficient (Wildman–Crippen LogP) is 4.38. The van der Waals surface area contributed by atoms with Gasteiger partial charge in [0, 0.05) is 43.5 Å². The van der Waals surface area contributed by atoms with Gasteiger partial charge in [-0.2, -0.15) is 28.4 Å². The number of amides is 1. The van der Waals surface area contributed by atoms with Gasteiger partial charge in [-0.1, -0.05) is 6.58 Å². The minimum Gasteiger partial charge on any atom is -0.453 e. The molecule has 0 bridgehead atoms. The van der Waals surface area contributed by atoms with Crippen molar-refractivity contribution in [1.82, 2.24) is 14.9 Å². The smallest absolute Gasteiger partial charge is 0.418 e. The predicted molar refractivity (Wildman–Crippen MR) is 151 cm³/mol. The Labute approximate surface area is 243 Å². The highest BCUT2D eigenvalue weighted by Gasteiger charge is 2.39. The van der Waals surface area contributed by atoms with Gasteiger partial charge in [-0.15, -0.1) is 16.5 Å². The van der Waals surface area contributed by atoms with E-state index in [1.165, 1.54) is 11.0 Å². The molecule has 1 saturated heterocycles. The minimum absolute atomic E-state index is 0.0235. The largest absolute Gasteiger partial charge is 0.453 e. The number of halogens is 4. The number of fused-ring (bicyclic) bond motifs is 1. The Morgan fingerprint density at radius 2 is 2.10 bits per heavy atom. The number of nitrogens with one attached hydrogen (secondary N) is 2. The summed E-state index contributed by atoms with van der Waals surface area (Å²) in [7, 11) is 0. The van der Waals surface area contributed by atoms with Crippen LogP contribution in [0.5, 0.6) is 6.01 Å². The molecule has 2 N–H and O–H groups in total. The summed E-state index contributed by atoms with van der Waals surface area (Å²) in [6.45, 7) is 4.59. The van der Waals surface area contributed by atoms with Gasteiger partial charge in [-0.3, -0.25) is 4.79 Å². The van der Waals surface area contributed by atoms with Crippen LogP contribution in [0.15, 0.2) is 24.8 Å². The van der Waals surface area contributed by atoms with E-state index in [0.29, 0.717) is 36.7 Å². The molecule has 1 fully saturated rings. The molecule has 0 saturated carbocycles. The van der Waals surface area contributed by atoms with Crippen molar-refractivity contribution >= 4 is 54.3 Å². The van der Waals surface area contributed by atoms with Gasteiger partial charge in [0.1, 0.15) is 11.8 Å². The summed E-state index contributed by atoms with van der Waals surface area (Å²) in [5.41, 5.74) is -0.194. The first-order chi connectivity index (χ1) is 19.7. The summed E-state index contributed by atoms with van der Waals surface area (Å²) in [5, 5.41) is 17.2. The van der Waals surface area contributed by atoms with E-state index in [4.69, 9.17) is 10.1 Å². The molecule has 3 heterocycles. The molecule has 218 valence electrons. The first-order valence-electron chi connectivity index (χ1n) is 12.4. The normalized spacial score (nSPS) is 17.0. The number of piperazine rings is 1. The molecule has 0 aliphatic carbocycles. The van der Waals surface area contributed by atoms with Crippen LogP contribution in [0.25, 0.3) is 0 Å². The number of hydrogen-bond donors (Lipinski definition) is 3. The second-order valence-electron chi connectivity index (χ2n) is 9.14. The Hall–Kier alpha value is -3.71. The Bertz CT molecular complexity index is 1370. The van der Waals surface area contributed by atoms with Crippen LogP contribution in [0.3, 0.4) is 0 Å². The summed E-state index contributed by atoms with van der Waals surface area (Å²) in [4.78, 5) is 26.3. The van der Waals surface area contributed by atoms with Crippen molar-refractivity contribution < 1.29 is 26.6 Å². The molecule has 0 spiro atoms. The standard InChI is InChI=1S/C25H26F4N8O2S2/c1-2-21(38)37-10-9-36(12-15(37)5-7-30)23-16-6-8-35(13-20(16)32-24(33-23)39-14-40)22-17(11-31)19(34-41-29)4-3-18(22)25(26,27)28/h2-4,11,15,31,34,40H,1,5-6,8-10,12-14H2. The number of carbonyl (C=O) groups excluding carboxylic acids is 1. The van der Waals surface area contributed by atoms with Gasteiger partial charge in [-0.25, -0.2) is 0 Å². The van der Waals surface area contributed by atoms with Crippen molar-refractivity contribution in [2.24, 2.45) is 0 Å². The zero-order chi connectivity index (χ0) is 29.7. The average Bonchev–Trinajstić information content (AvgIpc) is 2.95. The van der Waals surface area contributed by atoms with Crippen molar-refractivity contribution in [1.29, 1.82) is 10.7 Å². The Kier molecular flexibility index (Phi) is 9.49. The highest BCUT2D eigenvalue weighted by Crippen LogP contribution is 2.43. The maximum absolute atomic E-state index is 14.1. The number of rotatable bonds is 9. The van der Waals surface area contributed by atoms with E-state index in [1.54, 1.807) is 4.90 Å². The molecule has 16 heteroatoms. The van der Waals surface area contributed by atoms with E-state index in [9.17, 15) is 27.1 Å². The molecule has 4 rings (SSSR count). The summed E-state index contributed by atoms with van der Waals surface area (Å²) >= 11 is 3.80. The molecular formula is C25H26F4N8O2S2. The molecule has 0 radical (unpaired) electrons. The molecule has 2 aliphatic heterocycles. The van der Waals surface area contributed by atoms with E-state index >= 15 is 0 Å². The number of benzene rings is 1. The van der Waals surface area contributed by atoms with Gasteiger partial charge < -0.3 is 29.6 Å². The lowest BCUT2D eigenvalue weighted by atomic mass is 9.98. The number of nitriles is 1. The number of alkyl halides is 3. The summed E-state index contributed by atoms with van der Waals surface area (Å²) in [6.07, 6.45) is -2.42. The molecule has 2 aromatic rings. The summed E-state index contributed by atoms with van der Waals surface area (Å²) in [6, 6.07) is 3.61. The highest BCUT2D eigenvalue weighted by atomic mass is 32.2. The number of aromatic nitrogens is 2. The number of thiol groups is 1. The van der Waals surface area contributed by atoms with Crippen molar-refractivity contribution in [2.45, 2.75) is 31.6 Å². The number of carbonyl (C=O) groups is 1. The lowest BCUT2D eigenvalue weighted by Gasteiger charge is -2.42. The fourth-order valence-corrected chi connectivity index (χ4v) is 5.53. The topological polar surface area (TPSA) is 121 Å². The first-order valence-corrected chi connectivity index (χ1v) is 13.7. The van der Waals surface area contributed by atoms with Gasteiger partial charge in [0.15, 0.2) is 12.3 Å². The third-order valence-electron chi connectivity index (χ3n) is 6.91.